The van der Waals surface area contributed by atoms with E-state index >= 15 is 0 Å². The monoisotopic (exact) mass is 144 g/mol. The topological polar surface area (TPSA) is 80.7 Å². The number of carbonyl (C=O) groups is 3. The molecule has 0 aromatic rings. The van der Waals surface area contributed by atoms with E-state index in [0.29, 0.717) is 0 Å². The Morgan fingerprint density at radius 2 is 1.60 bits per heavy atom. The van der Waals surface area contributed by atoms with Gasteiger partial charge in [-0.3, -0.25) is 4.79 Å². The largest absolute Gasteiger partial charge is 0.483 e. The summed E-state index contributed by atoms with van der Waals surface area (Å²) in [5, 5.41) is 6.89. The van der Waals surface area contributed by atoms with Crippen molar-refractivity contribution < 1.29 is 24.2 Å². The van der Waals surface area contributed by atoms with Gasteiger partial charge in [0, 0.05) is 12.2 Å². The van der Waals surface area contributed by atoms with E-state index in [1.807, 2.05) is 0 Å². The quantitative estimate of drug-likeness (QED) is 0.277. The van der Waals surface area contributed by atoms with Gasteiger partial charge in [0.2, 0.25) is 0 Å². The van der Waals surface area contributed by atoms with Gasteiger partial charge >= 0.3 is 11.9 Å². The van der Waals surface area contributed by atoms with Gasteiger partial charge in [0.1, 0.15) is 0 Å². The molecule has 0 spiro atoms. The number of carbonyl (C=O) groups excluding carboxylic acids is 2. The minimum absolute atomic E-state index is 0.250. The summed E-state index contributed by atoms with van der Waals surface area (Å²) >= 11 is 0. The molecule has 54 valence electrons. The molecule has 0 amide bonds. The summed E-state index contributed by atoms with van der Waals surface area (Å²) in [6, 6.07) is 0. The lowest BCUT2D eigenvalue weighted by Crippen LogP contribution is -1.96. The van der Waals surface area contributed by atoms with Crippen LogP contribution in [-0.4, -0.2) is 23.5 Å². The van der Waals surface area contributed by atoms with E-state index in [4.69, 9.17) is 9.90 Å². The van der Waals surface area contributed by atoms with Crippen molar-refractivity contribution in [3.05, 3.63) is 12.2 Å². The third-order valence-corrected chi connectivity index (χ3v) is 0.557. The number of hydrogen-bond donors (Lipinski definition) is 1. The Hall–Kier alpha value is -1.65. The van der Waals surface area contributed by atoms with Gasteiger partial charge in [-0.15, -0.1) is 0 Å². The Kier molecular flexibility index (Phi) is 3.55. The normalized spacial score (nSPS) is 13.6. The highest BCUT2D eigenvalue weighted by Crippen LogP contribution is 1.92. The van der Waals surface area contributed by atoms with Crippen LogP contribution in [0.5, 0.6) is 0 Å². The molecular weight excluding hydrogens is 140 g/mol. The highest BCUT2D eigenvalue weighted by molar-refractivity contribution is 6.04. The summed E-state index contributed by atoms with van der Waals surface area (Å²) in [6.45, 7) is -0.250. The second-order valence-corrected chi connectivity index (χ2v) is 1.18. The molecule has 1 heterocycles. The van der Waals surface area contributed by atoms with Gasteiger partial charge < -0.3 is 9.84 Å². The van der Waals surface area contributed by atoms with Crippen LogP contribution in [0.2, 0.25) is 0 Å². The lowest BCUT2D eigenvalue weighted by molar-refractivity contribution is -0.150. The predicted octanol–water partition coefficient (Wildman–Crippen LogP) is -0.673. The second kappa shape index (κ2) is 4.25. The van der Waals surface area contributed by atoms with E-state index < -0.39 is 11.9 Å². The molecule has 0 atom stereocenters. The summed E-state index contributed by atoms with van der Waals surface area (Å²) in [5.74, 6) is -1.16. The van der Waals surface area contributed by atoms with Gasteiger partial charge in [-0.25, -0.2) is 9.59 Å². The van der Waals surface area contributed by atoms with E-state index in [1.54, 1.807) is 0 Å². The first-order valence-electron chi connectivity index (χ1n) is 2.22. The van der Waals surface area contributed by atoms with Gasteiger partial charge in [-0.05, 0) is 0 Å². The number of cyclic esters (lactones) is 2. The summed E-state index contributed by atoms with van der Waals surface area (Å²) in [7, 11) is 0. The maximum Gasteiger partial charge on any atom is 0.338 e. The zero-order chi connectivity index (χ0) is 7.98. The number of ether oxygens (including phenoxy) is 1. The molecule has 0 saturated heterocycles. The zero-order valence-electron chi connectivity index (χ0n) is 4.81. The molecule has 10 heavy (non-hydrogen) atoms. The Morgan fingerprint density at radius 1 is 1.30 bits per heavy atom. The highest BCUT2D eigenvalue weighted by atomic mass is 16.6. The van der Waals surface area contributed by atoms with Crippen LogP contribution >= 0.6 is 0 Å². The Balaban J connectivity index is 0.000000236. The van der Waals surface area contributed by atoms with E-state index in [9.17, 15) is 9.59 Å². The summed E-state index contributed by atoms with van der Waals surface area (Å²) in [6.07, 6.45) is 2.17. The molecule has 0 aliphatic carbocycles. The predicted molar refractivity (Wildman–Crippen MR) is 28.9 cm³/mol. The molecule has 1 aliphatic rings. The lowest BCUT2D eigenvalue weighted by atomic mass is 10.6. The Morgan fingerprint density at radius 3 is 1.70 bits per heavy atom. The third-order valence-electron chi connectivity index (χ3n) is 0.557. The lowest BCUT2D eigenvalue weighted by Gasteiger charge is -1.80. The molecular formula is C5H4O5. The van der Waals surface area contributed by atoms with Crippen LogP contribution in [0.25, 0.3) is 0 Å². The van der Waals surface area contributed by atoms with E-state index in [0.717, 1.165) is 12.2 Å². The molecule has 0 bridgehead atoms. The standard InChI is InChI=1S/C4H2O3.CH2O2/c5-3-1-2-4(6)7-3;2-1-3/h1-2H;1H,(H,2,3). The smallest absolute Gasteiger partial charge is 0.338 e. The molecule has 1 rings (SSSR count). The molecule has 5 heteroatoms. The van der Waals surface area contributed by atoms with Crippen molar-refractivity contribution in [1.82, 2.24) is 0 Å². The van der Waals surface area contributed by atoms with Crippen molar-refractivity contribution in [2.75, 3.05) is 0 Å². The van der Waals surface area contributed by atoms with Crippen LogP contribution < -0.4 is 0 Å². The van der Waals surface area contributed by atoms with Crippen LogP contribution in [0.3, 0.4) is 0 Å². The van der Waals surface area contributed by atoms with Crippen molar-refractivity contribution in [3.8, 4) is 0 Å². The number of rotatable bonds is 0. The number of carboxylic acid groups (broad SMARTS) is 1. The first kappa shape index (κ1) is 8.35. The molecule has 0 fully saturated rings. The fourth-order valence-electron chi connectivity index (χ4n) is 0.303. The first-order chi connectivity index (χ1) is 4.70. The van der Waals surface area contributed by atoms with Crippen LogP contribution in [0.15, 0.2) is 12.2 Å². The van der Waals surface area contributed by atoms with Crippen molar-refractivity contribution in [1.29, 1.82) is 0 Å². The van der Waals surface area contributed by atoms with Gasteiger partial charge in [-0.2, -0.15) is 0 Å². The zero-order valence-corrected chi connectivity index (χ0v) is 4.81. The average Bonchev–Trinajstić information content (AvgIpc) is 2.17. The summed E-state index contributed by atoms with van der Waals surface area (Å²) in [5.41, 5.74) is 0. The maximum atomic E-state index is 9.92. The van der Waals surface area contributed by atoms with E-state index in [-0.39, 0.29) is 6.47 Å². The average molecular weight is 144 g/mol. The van der Waals surface area contributed by atoms with Crippen molar-refractivity contribution in [2.45, 2.75) is 0 Å². The molecule has 1 aliphatic heterocycles. The molecule has 0 unspecified atom stereocenters. The van der Waals surface area contributed by atoms with Crippen LogP contribution in [-0.2, 0) is 19.1 Å². The molecule has 0 saturated carbocycles. The van der Waals surface area contributed by atoms with Crippen molar-refractivity contribution in [2.24, 2.45) is 0 Å². The Bertz CT molecular complexity index is 164. The van der Waals surface area contributed by atoms with Gasteiger partial charge in [-0.1, -0.05) is 0 Å². The van der Waals surface area contributed by atoms with Gasteiger partial charge in [0.15, 0.2) is 0 Å². The molecule has 0 aromatic carbocycles. The van der Waals surface area contributed by atoms with Crippen LogP contribution in [0.1, 0.15) is 0 Å². The van der Waals surface area contributed by atoms with E-state index in [2.05, 4.69) is 4.74 Å². The number of hydrogen-bond acceptors (Lipinski definition) is 4. The van der Waals surface area contributed by atoms with Crippen LogP contribution in [0, 0.1) is 0 Å². The van der Waals surface area contributed by atoms with Gasteiger partial charge in [0.25, 0.3) is 6.47 Å². The number of esters is 2. The third kappa shape index (κ3) is 3.36. The first-order valence-corrected chi connectivity index (χ1v) is 2.22. The fraction of sp³-hybridized carbons (Fsp3) is 0. The maximum absolute atomic E-state index is 9.92. The minimum Gasteiger partial charge on any atom is -0.483 e. The molecule has 0 aromatic heterocycles. The highest BCUT2D eigenvalue weighted by Gasteiger charge is 2.10. The van der Waals surface area contributed by atoms with Crippen molar-refractivity contribution in [3.63, 3.8) is 0 Å². The molecule has 5 nitrogen and oxygen atoms in total. The van der Waals surface area contributed by atoms with Crippen LogP contribution in [0.4, 0.5) is 0 Å². The molecule has 1 N–H and O–H groups in total. The van der Waals surface area contributed by atoms with Gasteiger partial charge in [0.05, 0.1) is 0 Å². The second-order valence-electron chi connectivity index (χ2n) is 1.18. The minimum atomic E-state index is -0.579. The summed E-state index contributed by atoms with van der Waals surface area (Å²) in [4.78, 5) is 28.2. The SMILES string of the molecule is O=C1C=CC(=O)O1.O=CO. The fourth-order valence-corrected chi connectivity index (χ4v) is 0.303. The van der Waals surface area contributed by atoms with Crippen molar-refractivity contribution >= 4 is 18.4 Å². The summed E-state index contributed by atoms with van der Waals surface area (Å²) < 4.78 is 3.97. The van der Waals surface area contributed by atoms with E-state index in [1.165, 1.54) is 0 Å². The Labute approximate surface area is 55.9 Å². The molecule has 0 radical (unpaired) electrons.